The molecule has 2 aromatic heterocycles. The molecule has 4 unspecified atom stereocenters. The third-order valence-corrected chi connectivity index (χ3v) is 3.95. The summed E-state index contributed by atoms with van der Waals surface area (Å²) in [5, 5.41) is 47.5. The van der Waals surface area contributed by atoms with E-state index >= 15 is 0 Å². The van der Waals surface area contributed by atoms with E-state index in [4.69, 9.17) is 25.8 Å². The summed E-state index contributed by atoms with van der Waals surface area (Å²) >= 11 is 0. The quantitative estimate of drug-likeness (QED) is 0.260. The van der Waals surface area contributed by atoms with Crippen LogP contribution in [0.3, 0.4) is 0 Å². The lowest BCUT2D eigenvalue weighted by Crippen LogP contribution is -2.36. The second kappa shape index (κ2) is 6.21. The van der Waals surface area contributed by atoms with Crippen LogP contribution in [0.15, 0.2) is 9.59 Å². The molecule has 13 heteroatoms. The lowest BCUT2D eigenvalue weighted by molar-refractivity contribution is -0.0575. The number of nitrogens with zero attached hydrogens (tertiary/aromatic N) is 3. The summed E-state index contributed by atoms with van der Waals surface area (Å²) < 4.78 is 6.80. The Labute approximate surface area is 138 Å². The number of nitrogens with one attached hydrogen (secondary N) is 1. The van der Waals surface area contributed by atoms with Crippen LogP contribution in [0.2, 0.25) is 0 Å². The molecule has 1 aliphatic rings. The number of H-pyrrole nitrogens is 1. The summed E-state index contributed by atoms with van der Waals surface area (Å²) in [6, 6.07) is 0. The maximum absolute atomic E-state index is 12.7. The van der Waals surface area contributed by atoms with Crippen LogP contribution in [0.25, 0.3) is 11.2 Å². The van der Waals surface area contributed by atoms with E-state index in [0.29, 0.717) is 0 Å². The van der Waals surface area contributed by atoms with Gasteiger partial charge in [-0.1, -0.05) is 0 Å². The van der Waals surface area contributed by atoms with Crippen molar-refractivity contribution in [2.45, 2.75) is 37.4 Å². The maximum atomic E-state index is 12.7. The Morgan fingerprint density at radius 2 is 1.96 bits per heavy atom. The summed E-state index contributed by atoms with van der Waals surface area (Å²) in [7, 11) is 0. The van der Waals surface area contributed by atoms with Gasteiger partial charge >= 0.3 is 5.69 Å². The van der Waals surface area contributed by atoms with Gasteiger partial charge in [-0.2, -0.15) is 4.98 Å². The van der Waals surface area contributed by atoms with Crippen LogP contribution in [0.4, 0.5) is 5.95 Å². The number of ether oxygens (including phenoxy) is 1. The zero-order valence-corrected chi connectivity index (χ0v) is 12.7. The molecule has 1 fully saturated rings. The Balaban J connectivity index is 2.27. The molecule has 1 saturated heterocycles. The number of rotatable bonds is 4. The molecule has 4 atom stereocenters. The van der Waals surface area contributed by atoms with Gasteiger partial charge in [0.15, 0.2) is 23.7 Å². The standard InChI is InChI=1S/C12H17N5O8/c13-11-14-8-5(9(23)15-11)16(1-4(19)20)12(24)17(8)10-7(22)6(21)3(2-18)25-10/h3-4,6-7,10,18-22H,1-2H2,(H3,13,14,15,23). The second-order valence-electron chi connectivity index (χ2n) is 5.60. The molecule has 0 radical (unpaired) electrons. The number of hydrogen-bond donors (Lipinski definition) is 7. The van der Waals surface area contributed by atoms with Crippen molar-refractivity contribution in [1.82, 2.24) is 19.1 Å². The molecule has 3 heterocycles. The number of aliphatic hydroxyl groups excluding tert-OH is 4. The lowest BCUT2D eigenvalue weighted by atomic mass is 10.1. The van der Waals surface area contributed by atoms with Gasteiger partial charge < -0.3 is 36.0 Å². The van der Waals surface area contributed by atoms with E-state index < -0.39 is 55.2 Å². The van der Waals surface area contributed by atoms with E-state index in [0.717, 1.165) is 9.13 Å². The smallest absolute Gasteiger partial charge is 0.332 e. The van der Waals surface area contributed by atoms with Crippen LogP contribution >= 0.6 is 0 Å². The van der Waals surface area contributed by atoms with Gasteiger partial charge in [-0.05, 0) is 0 Å². The topological polar surface area (TPSA) is 209 Å². The van der Waals surface area contributed by atoms with Crippen molar-refractivity contribution >= 4 is 17.1 Å². The minimum atomic E-state index is -1.95. The number of imidazole rings is 1. The predicted octanol–water partition coefficient (Wildman–Crippen LogP) is -4.61. The highest BCUT2D eigenvalue weighted by Gasteiger charge is 2.45. The van der Waals surface area contributed by atoms with Gasteiger partial charge in [0, 0.05) is 0 Å². The Kier molecular flexibility index (Phi) is 4.36. The zero-order chi connectivity index (χ0) is 18.5. The van der Waals surface area contributed by atoms with E-state index in [1.807, 2.05) is 0 Å². The average Bonchev–Trinajstić information content (AvgIpc) is 2.95. The van der Waals surface area contributed by atoms with Gasteiger partial charge in [0.1, 0.15) is 18.3 Å². The molecule has 138 valence electrons. The first-order chi connectivity index (χ1) is 11.8. The number of aromatic amines is 1. The van der Waals surface area contributed by atoms with Crippen molar-refractivity contribution in [3.05, 3.63) is 20.8 Å². The van der Waals surface area contributed by atoms with E-state index in [1.165, 1.54) is 0 Å². The number of nitrogen functional groups attached to an aromatic ring is 1. The second-order valence-corrected chi connectivity index (χ2v) is 5.60. The number of aliphatic hydroxyl groups is 5. The molecule has 3 rings (SSSR count). The fraction of sp³-hybridized carbons (Fsp3) is 0.583. The monoisotopic (exact) mass is 359 g/mol. The molecular formula is C12H17N5O8. The molecule has 0 spiro atoms. The largest absolute Gasteiger partial charge is 0.394 e. The lowest BCUT2D eigenvalue weighted by Gasteiger charge is -2.15. The molecule has 0 bridgehead atoms. The van der Waals surface area contributed by atoms with E-state index in [1.54, 1.807) is 0 Å². The Hall–Kier alpha value is -2.29. The molecule has 0 amide bonds. The fourth-order valence-corrected chi connectivity index (χ4v) is 2.85. The van der Waals surface area contributed by atoms with E-state index in [9.17, 15) is 19.8 Å². The predicted molar refractivity (Wildman–Crippen MR) is 80.3 cm³/mol. The Bertz CT molecular complexity index is 901. The molecule has 13 nitrogen and oxygen atoms in total. The molecule has 25 heavy (non-hydrogen) atoms. The highest BCUT2D eigenvalue weighted by Crippen LogP contribution is 2.30. The Morgan fingerprint density at radius 1 is 1.28 bits per heavy atom. The van der Waals surface area contributed by atoms with E-state index in [-0.39, 0.29) is 17.1 Å². The molecule has 8 N–H and O–H groups in total. The van der Waals surface area contributed by atoms with Crippen LogP contribution in [0.5, 0.6) is 0 Å². The van der Waals surface area contributed by atoms with Gasteiger partial charge in [-0.15, -0.1) is 0 Å². The maximum Gasteiger partial charge on any atom is 0.332 e. The van der Waals surface area contributed by atoms with Gasteiger partial charge in [0.05, 0.1) is 13.2 Å². The van der Waals surface area contributed by atoms with Crippen molar-refractivity contribution in [2.24, 2.45) is 0 Å². The third kappa shape index (κ3) is 2.72. The van der Waals surface area contributed by atoms with Gasteiger partial charge in [0.2, 0.25) is 5.95 Å². The molecule has 0 aromatic carbocycles. The van der Waals surface area contributed by atoms with Crippen molar-refractivity contribution in [2.75, 3.05) is 12.3 Å². The molecule has 0 aliphatic carbocycles. The van der Waals surface area contributed by atoms with Gasteiger partial charge in [-0.3, -0.25) is 14.3 Å². The molecule has 1 aliphatic heterocycles. The van der Waals surface area contributed by atoms with Crippen LogP contribution in [0, 0.1) is 0 Å². The normalized spacial score (nSPS) is 26.8. The average molecular weight is 359 g/mol. The first-order valence-corrected chi connectivity index (χ1v) is 7.25. The van der Waals surface area contributed by atoms with Crippen molar-refractivity contribution in [3.8, 4) is 0 Å². The van der Waals surface area contributed by atoms with Crippen molar-refractivity contribution in [1.29, 1.82) is 0 Å². The van der Waals surface area contributed by atoms with Crippen LogP contribution in [0.1, 0.15) is 6.23 Å². The van der Waals surface area contributed by atoms with Crippen LogP contribution in [-0.2, 0) is 11.3 Å². The molecule has 0 saturated carbocycles. The number of aromatic nitrogens is 4. The van der Waals surface area contributed by atoms with Gasteiger partial charge in [-0.25, -0.2) is 9.36 Å². The highest BCUT2D eigenvalue weighted by atomic mass is 16.6. The van der Waals surface area contributed by atoms with E-state index in [2.05, 4.69) is 9.97 Å². The molecule has 2 aromatic rings. The summed E-state index contributed by atoms with van der Waals surface area (Å²) in [6.07, 6.45) is -7.65. The first-order valence-electron chi connectivity index (χ1n) is 7.25. The summed E-state index contributed by atoms with van der Waals surface area (Å²) in [5.41, 5.74) is 3.14. The SMILES string of the molecule is Nc1nc2c(c(=O)[nH]1)n(CC(O)O)c(=O)n2C1OC(CO)C(O)C1O. The fourth-order valence-electron chi connectivity index (χ4n) is 2.85. The van der Waals surface area contributed by atoms with Crippen LogP contribution < -0.4 is 17.0 Å². The number of fused-ring (bicyclic) bond motifs is 1. The highest BCUT2D eigenvalue weighted by molar-refractivity contribution is 5.71. The van der Waals surface area contributed by atoms with Crippen molar-refractivity contribution < 1.29 is 30.3 Å². The summed E-state index contributed by atoms with van der Waals surface area (Å²) in [5.74, 6) is -0.320. The minimum Gasteiger partial charge on any atom is -0.394 e. The zero-order valence-electron chi connectivity index (χ0n) is 12.7. The number of hydrogen-bond acceptors (Lipinski definition) is 10. The number of anilines is 1. The summed E-state index contributed by atoms with van der Waals surface area (Å²) in [6.45, 7) is -1.26. The number of nitrogens with two attached hydrogens (primary N) is 1. The minimum absolute atomic E-state index is 0.276. The van der Waals surface area contributed by atoms with Crippen molar-refractivity contribution in [3.63, 3.8) is 0 Å². The Morgan fingerprint density at radius 3 is 2.52 bits per heavy atom. The third-order valence-electron chi connectivity index (χ3n) is 3.95. The summed E-state index contributed by atoms with van der Waals surface area (Å²) in [4.78, 5) is 30.8. The van der Waals surface area contributed by atoms with Crippen LogP contribution in [-0.4, -0.2) is 75.8 Å². The molecular weight excluding hydrogens is 342 g/mol. The first kappa shape index (κ1) is 17.5. The van der Waals surface area contributed by atoms with Gasteiger partial charge in [0.25, 0.3) is 5.56 Å².